The summed E-state index contributed by atoms with van der Waals surface area (Å²) in [4.78, 5) is 23.1. The van der Waals surface area contributed by atoms with E-state index >= 15 is 0 Å². The lowest BCUT2D eigenvalue weighted by Gasteiger charge is -2.10. The topological polar surface area (TPSA) is 139 Å². The lowest BCUT2D eigenvalue weighted by atomic mass is 10.1. The van der Waals surface area contributed by atoms with Crippen LogP contribution in [-0.4, -0.2) is 52.3 Å². The van der Waals surface area contributed by atoms with E-state index in [-0.39, 0.29) is 22.0 Å². The monoisotopic (exact) mass is 535 g/mol. The lowest BCUT2D eigenvalue weighted by molar-refractivity contribution is -0.134. The van der Waals surface area contributed by atoms with E-state index in [1.54, 1.807) is 43.7 Å². The van der Waals surface area contributed by atoms with Crippen LogP contribution in [-0.2, 0) is 26.2 Å². The number of nitrogens with zero attached hydrogens (tertiary/aromatic N) is 2. The van der Waals surface area contributed by atoms with E-state index in [1.165, 1.54) is 24.4 Å². The Labute approximate surface area is 212 Å². The van der Waals surface area contributed by atoms with Crippen LogP contribution in [0, 0.1) is 5.82 Å². The molecule has 3 N–H and O–H groups in total. The van der Waals surface area contributed by atoms with Crippen molar-refractivity contribution in [2.75, 3.05) is 12.8 Å². The summed E-state index contributed by atoms with van der Waals surface area (Å²) in [6, 6.07) is 9.55. The Bertz CT molecular complexity index is 1360. The van der Waals surface area contributed by atoms with Gasteiger partial charge in [-0.25, -0.2) is 26.4 Å². The SMILES string of the molecule is CNCc1cn(S(=O)(=O)CC=Cc2cccnc2)c(-c2ccccc2F)c1Cl.O=C(O)/C=C/C(=O)O. The van der Waals surface area contributed by atoms with Crippen LogP contribution in [0.15, 0.2) is 73.2 Å². The predicted molar refractivity (Wildman–Crippen MR) is 134 cm³/mol. The van der Waals surface area contributed by atoms with Crippen molar-refractivity contribution < 1.29 is 32.6 Å². The highest BCUT2D eigenvalue weighted by atomic mass is 35.5. The molecule has 3 rings (SSSR count). The highest BCUT2D eigenvalue weighted by Gasteiger charge is 2.24. The van der Waals surface area contributed by atoms with Gasteiger partial charge in [-0.2, -0.15) is 0 Å². The summed E-state index contributed by atoms with van der Waals surface area (Å²) < 4.78 is 41.4. The molecule has 0 saturated carbocycles. The van der Waals surface area contributed by atoms with E-state index < -0.39 is 27.8 Å². The minimum absolute atomic E-state index is 0.125. The van der Waals surface area contributed by atoms with Crippen LogP contribution in [0.4, 0.5) is 4.39 Å². The lowest BCUT2D eigenvalue weighted by Crippen LogP contribution is -2.16. The molecule has 0 saturated heterocycles. The molecule has 0 atom stereocenters. The van der Waals surface area contributed by atoms with Gasteiger partial charge in [0.2, 0.25) is 10.0 Å². The minimum atomic E-state index is -3.82. The second-order valence-corrected chi connectivity index (χ2v) is 9.37. The van der Waals surface area contributed by atoms with Crippen molar-refractivity contribution in [2.45, 2.75) is 6.54 Å². The van der Waals surface area contributed by atoms with Crippen molar-refractivity contribution >= 4 is 39.6 Å². The number of aromatic nitrogens is 2. The smallest absolute Gasteiger partial charge is 0.328 e. The first-order chi connectivity index (χ1) is 17.1. The Hall–Kier alpha value is -3.80. The van der Waals surface area contributed by atoms with Crippen LogP contribution in [0.5, 0.6) is 0 Å². The summed E-state index contributed by atoms with van der Waals surface area (Å²) in [5, 5.41) is 18.8. The number of rotatable bonds is 9. The Morgan fingerprint density at radius 1 is 1.14 bits per heavy atom. The third-order valence-corrected chi connectivity index (χ3v) is 6.37. The third kappa shape index (κ3) is 8.15. The second-order valence-electron chi connectivity index (χ2n) is 7.10. The molecule has 0 aliphatic heterocycles. The van der Waals surface area contributed by atoms with Crippen LogP contribution in [0.25, 0.3) is 17.3 Å². The Morgan fingerprint density at radius 2 is 1.81 bits per heavy atom. The van der Waals surface area contributed by atoms with Crippen LogP contribution in [0.1, 0.15) is 11.1 Å². The molecule has 12 heteroatoms. The Kier molecular flexibility index (Phi) is 10.5. The molecule has 0 unspecified atom stereocenters. The van der Waals surface area contributed by atoms with E-state index in [4.69, 9.17) is 21.8 Å². The molecule has 1 aromatic carbocycles. The zero-order valence-electron chi connectivity index (χ0n) is 19.0. The minimum Gasteiger partial charge on any atom is -0.478 e. The van der Waals surface area contributed by atoms with E-state index in [9.17, 15) is 22.4 Å². The third-order valence-electron chi connectivity index (χ3n) is 4.45. The number of carboxylic acids is 2. The van der Waals surface area contributed by atoms with Crippen molar-refractivity contribution in [3.05, 3.63) is 95.2 Å². The quantitative estimate of drug-likeness (QED) is 0.353. The molecule has 3 aromatic rings. The molecular formula is C24H23ClFN3O6S. The first-order valence-corrected chi connectivity index (χ1v) is 12.3. The first-order valence-electron chi connectivity index (χ1n) is 10.3. The molecule has 0 aliphatic carbocycles. The van der Waals surface area contributed by atoms with E-state index in [2.05, 4.69) is 10.3 Å². The number of aliphatic carboxylic acids is 2. The number of pyridine rings is 1. The van der Waals surface area contributed by atoms with Crippen molar-refractivity contribution in [1.82, 2.24) is 14.3 Å². The predicted octanol–water partition coefficient (Wildman–Crippen LogP) is 3.67. The molecule has 0 amide bonds. The number of nitrogens with one attached hydrogen (secondary N) is 1. The summed E-state index contributed by atoms with van der Waals surface area (Å²) in [7, 11) is -2.09. The molecule has 0 fully saturated rings. The fourth-order valence-electron chi connectivity index (χ4n) is 2.94. The van der Waals surface area contributed by atoms with Gasteiger partial charge in [0.1, 0.15) is 5.82 Å². The number of benzene rings is 1. The maximum atomic E-state index is 14.4. The van der Waals surface area contributed by atoms with Crippen molar-refractivity contribution in [2.24, 2.45) is 0 Å². The van der Waals surface area contributed by atoms with Gasteiger partial charge in [0.05, 0.1) is 16.5 Å². The largest absolute Gasteiger partial charge is 0.478 e. The molecular weight excluding hydrogens is 513 g/mol. The highest BCUT2D eigenvalue weighted by molar-refractivity contribution is 7.90. The normalized spacial score (nSPS) is 11.4. The van der Waals surface area contributed by atoms with Crippen LogP contribution in [0.2, 0.25) is 5.02 Å². The Morgan fingerprint density at radius 3 is 2.36 bits per heavy atom. The highest BCUT2D eigenvalue weighted by Crippen LogP contribution is 2.35. The summed E-state index contributed by atoms with van der Waals surface area (Å²) >= 11 is 6.43. The van der Waals surface area contributed by atoms with Gasteiger partial charge in [-0.1, -0.05) is 42.0 Å². The van der Waals surface area contributed by atoms with Crippen LogP contribution >= 0.6 is 11.6 Å². The molecule has 9 nitrogen and oxygen atoms in total. The molecule has 2 heterocycles. The van der Waals surface area contributed by atoms with E-state index in [0.717, 1.165) is 9.54 Å². The average molecular weight is 536 g/mol. The molecule has 0 spiro atoms. The number of hydrogen-bond donors (Lipinski definition) is 3. The van der Waals surface area contributed by atoms with Crippen molar-refractivity contribution in [3.63, 3.8) is 0 Å². The summed E-state index contributed by atoms with van der Waals surface area (Å²) in [5.41, 5.74) is 1.62. The van der Waals surface area contributed by atoms with Crippen molar-refractivity contribution in [1.29, 1.82) is 0 Å². The van der Waals surface area contributed by atoms with Gasteiger partial charge in [-0.3, -0.25) is 4.98 Å². The van der Waals surface area contributed by atoms with E-state index in [0.29, 0.717) is 24.3 Å². The van der Waals surface area contributed by atoms with E-state index in [1.807, 2.05) is 6.07 Å². The van der Waals surface area contributed by atoms with Gasteiger partial charge in [-0.05, 0) is 30.8 Å². The van der Waals surface area contributed by atoms with Crippen molar-refractivity contribution in [3.8, 4) is 11.3 Å². The second kappa shape index (κ2) is 13.3. The Balaban J connectivity index is 0.000000493. The van der Waals surface area contributed by atoms with Gasteiger partial charge >= 0.3 is 11.9 Å². The molecule has 190 valence electrons. The number of hydrogen-bond acceptors (Lipinski definition) is 6. The van der Waals surface area contributed by atoms with Crippen LogP contribution in [0.3, 0.4) is 0 Å². The number of carbonyl (C=O) groups is 2. The standard InChI is InChI=1S/C20H19ClFN3O2S.C4H4O4/c1-23-13-16-14-25(20(19(16)21)17-8-2-3-9-18(17)22)28(26,27)11-5-7-15-6-4-10-24-12-15;5-3(6)1-2-4(7)8/h2-10,12,14,23H,11,13H2,1H3;1-2H,(H,5,6)(H,7,8)/b;2-1+. The molecule has 36 heavy (non-hydrogen) atoms. The molecule has 0 aliphatic rings. The molecule has 0 bridgehead atoms. The van der Waals surface area contributed by atoms with Crippen LogP contribution < -0.4 is 5.32 Å². The maximum Gasteiger partial charge on any atom is 0.328 e. The number of carboxylic acid groups (broad SMARTS) is 2. The van der Waals surface area contributed by atoms with Gasteiger partial charge in [0.15, 0.2) is 0 Å². The zero-order valence-corrected chi connectivity index (χ0v) is 20.6. The maximum absolute atomic E-state index is 14.4. The summed E-state index contributed by atoms with van der Waals surface area (Å²) in [5.74, 6) is -3.33. The van der Waals surface area contributed by atoms with Gasteiger partial charge in [0, 0.05) is 48.4 Å². The van der Waals surface area contributed by atoms with Gasteiger partial charge in [-0.15, -0.1) is 0 Å². The number of halogens is 2. The fourth-order valence-corrected chi connectivity index (χ4v) is 4.55. The summed E-state index contributed by atoms with van der Waals surface area (Å²) in [6.45, 7) is 0.355. The first kappa shape index (κ1) is 28.4. The summed E-state index contributed by atoms with van der Waals surface area (Å²) in [6.07, 6.45) is 9.03. The molecule has 2 aromatic heterocycles. The van der Waals surface area contributed by atoms with Gasteiger partial charge < -0.3 is 15.5 Å². The molecule has 0 radical (unpaired) electrons. The van der Waals surface area contributed by atoms with Gasteiger partial charge in [0.25, 0.3) is 0 Å². The average Bonchev–Trinajstić information content (AvgIpc) is 3.16. The zero-order chi connectivity index (χ0) is 26.7. The fraction of sp³-hybridized carbons (Fsp3) is 0.125.